The Labute approximate surface area is 98.7 Å². The van der Waals surface area contributed by atoms with Crippen molar-refractivity contribution < 1.29 is 4.79 Å². The van der Waals surface area contributed by atoms with Crippen molar-refractivity contribution in [3.8, 4) is 0 Å². The molecule has 3 nitrogen and oxygen atoms in total. The quantitative estimate of drug-likeness (QED) is 0.676. The van der Waals surface area contributed by atoms with Crippen LogP contribution in [0.1, 0.15) is 39.5 Å². The summed E-state index contributed by atoms with van der Waals surface area (Å²) in [7, 11) is 0. The molecule has 0 aromatic rings. The molecule has 3 heteroatoms. The van der Waals surface area contributed by atoms with Gasteiger partial charge in [0.1, 0.15) is 0 Å². The van der Waals surface area contributed by atoms with Gasteiger partial charge in [0.05, 0.1) is 0 Å². The normalized spacial score (nSPS) is 16.1. The van der Waals surface area contributed by atoms with Crippen molar-refractivity contribution in [3.63, 3.8) is 0 Å². The minimum atomic E-state index is 0.196. The van der Waals surface area contributed by atoms with E-state index >= 15 is 0 Å². The van der Waals surface area contributed by atoms with Crippen molar-refractivity contribution in [3.05, 3.63) is 11.6 Å². The molecular weight excluding hydrogens is 200 g/mol. The van der Waals surface area contributed by atoms with Crippen LogP contribution in [0.5, 0.6) is 0 Å². The van der Waals surface area contributed by atoms with Crippen LogP contribution in [0.15, 0.2) is 11.6 Å². The molecule has 1 aliphatic rings. The number of rotatable bonds is 6. The van der Waals surface area contributed by atoms with Gasteiger partial charge in [-0.05, 0) is 32.2 Å². The third-order valence-corrected chi connectivity index (χ3v) is 3.26. The fourth-order valence-electron chi connectivity index (χ4n) is 2.05. The van der Waals surface area contributed by atoms with Crippen molar-refractivity contribution in [1.82, 2.24) is 10.6 Å². The van der Waals surface area contributed by atoms with E-state index in [-0.39, 0.29) is 11.8 Å². The lowest BCUT2D eigenvalue weighted by atomic mass is 10.0. The maximum atomic E-state index is 11.7. The third kappa shape index (κ3) is 4.35. The van der Waals surface area contributed by atoms with E-state index in [4.69, 9.17) is 0 Å². The lowest BCUT2D eigenvalue weighted by molar-refractivity contribution is -0.125. The third-order valence-electron chi connectivity index (χ3n) is 3.26. The van der Waals surface area contributed by atoms with Crippen LogP contribution in [0.25, 0.3) is 0 Å². The molecule has 1 amide bonds. The molecule has 0 saturated heterocycles. The van der Waals surface area contributed by atoms with E-state index in [1.807, 2.05) is 0 Å². The number of carbonyl (C=O) groups excluding carboxylic acids is 1. The summed E-state index contributed by atoms with van der Waals surface area (Å²) in [5.41, 5.74) is 1.48. The van der Waals surface area contributed by atoms with Gasteiger partial charge in [0, 0.05) is 19.0 Å². The molecule has 0 saturated carbocycles. The summed E-state index contributed by atoms with van der Waals surface area (Å²) in [4.78, 5) is 11.7. The Morgan fingerprint density at radius 1 is 1.50 bits per heavy atom. The predicted octanol–water partition coefficient (Wildman–Crippen LogP) is 1.85. The van der Waals surface area contributed by atoms with Crippen molar-refractivity contribution in [2.45, 2.75) is 39.5 Å². The number of hydrogen-bond acceptors (Lipinski definition) is 2. The van der Waals surface area contributed by atoms with E-state index in [9.17, 15) is 4.79 Å². The largest absolute Gasteiger partial charge is 0.356 e. The van der Waals surface area contributed by atoms with Crippen LogP contribution in [-0.4, -0.2) is 25.5 Å². The molecule has 0 aromatic carbocycles. The molecular formula is C13H24N2O. The van der Waals surface area contributed by atoms with Crippen molar-refractivity contribution in [2.24, 2.45) is 5.92 Å². The van der Waals surface area contributed by atoms with Crippen LogP contribution in [-0.2, 0) is 4.79 Å². The van der Waals surface area contributed by atoms with Gasteiger partial charge >= 0.3 is 0 Å². The van der Waals surface area contributed by atoms with Crippen LogP contribution in [0, 0.1) is 5.92 Å². The molecule has 0 radical (unpaired) electrons. The van der Waals surface area contributed by atoms with Crippen LogP contribution >= 0.6 is 0 Å². The lowest BCUT2D eigenvalue weighted by Crippen LogP contribution is -2.31. The first-order valence-electron chi connectivity index (χ1n) is 6.44. The number of hydrogen-bond donors (Lipinski definition) is 2. The van der Waals surface area contributed by atoms with E-state index in [0.717, 1.165) is 45.3 Å². The van der Waals surface area contributed by atoms with Gasteiger partial charge in [0.15, 0.2) is 0 Å². The van der Waals surface area contributed by atoms with Gasteiger partial charge in [-0.2, -0.15) is 0 Å². The van der Waals surface area contributed by atoms with E-state index in [0.29, 0.717) is 0 Å². The van der Waals surface area contributed by atoms with Crippen LogP contribution in [0.3, 0.4) is 0 Å². The molecule has 1 aliphatic heterocycles. The van der Waals surface area contributed by atoms with Gasteiger partial charge in [0.25, 0.3) is 0 Å². The highest BCUT2D eigenvalue weighted by molar-refractivity contribution is 5.78. The Morgan fingerprint density at radius 2 is 2.25 bits per heavy atom. The fraction of sp³-hybridized carbons (Fsp3) is 0.769. The van der Waals surface area contributed by atoms with E-state index < -0.39 is 0 Å². The Morgan fingerprint density at radius 3 is 2.81 bits per heavy atom. The molecule has 0 spiro atoms. The number of nitrogens with one attached hydrogen (secondary N) is 2. The maximum Gasteiger partial charge on any atom is 0.223 e. The molecule has 1 heterocycles. The van der Waals surface area contributed by atoms with Crippen molar-refractivity contribution in [1.29, 1.82) is 0 Å². The zero-order valence-electron chi connectivity index (χ0n) is 10.5. The fourth-order valence-corrected chi connectivity index (χ4v) is 2.05. The first-order chi connectivity index (χ1) is 7.77. The molecule has 0 aromatic heterocycles. The van der Waals surface area contributed by atoms with Gasteiger partial charge in [-0.25, -0.2) is 0 Å². The summed E-state index contributed by atoms with van der Waals surface area (Å²) >= 11 is 0. The standard InChI is InChI=1S/C13H24N2O/c1-3-12(4-2)13(16)15-10-7-11-5-8-14-9-6-11/h5,12,14H,3-4,6-10H2,1-2H3,(H,15,16). The van der Waals surface area contributed by atoms with Gasteiger partial charge in [-0.1, -0.05) is 25.5 Å². The molecule has 92 valence electrons. The van der Waals surface area contributed by atoms with Gasteiger partial charge in [-0.15, -0.1) is 0 Å². The molecule has 0 unspecified atom stereocenters. The average Bonchev–Trinajstić information content (AvgIpc) is 2.32. The maximum absolute atomic E-state index is 11.7. The second-order valence-electron chi connectivity index (χ2n) is 4.37. The summed E-state index contributed by atoms with van der Waals surface area (Å²) < 4.78 is 0. The highest BCUT2D eigenvalue weighted by atomic mass is 16.1. The molecule has 0 fully saturated rings. The highest BCUT2D eigenvalue weighted by Gasteiger charge is 2.13. The van der Waals surface area contributed by atoms with Crippen LogP contribution < -0.4 is 10.6 Å². The lowest BCUT2D eigenvalue weighted by Gasteiger charge is -2.16. The Bertz CT molecular complexity index is 244. The number of amides is 1. The van der Waals surface area contributed by atoms with Crippen LogP contribution in [0.2, 0.25) is 0 Å². The molecule has 0 bridgehead atoms. The first-order valence-corrected chi connectivity index (χ1v) is 6.44. The zero-order valence-corrected chi connectivity index (χ0v) is 10.5. The van der Waals surface area contributed by atoms with Gasteiger partial charge in [-0.3, -0.25) is 4.79 Å². The van der Waals surface area contributed by atoms with E-state index in [2.05, 4.69) is 30.6 Å². The van der Waals surface area contributed by atoms with Gasteiger partial charge in [0.2, 0.25) is 5.91 Å². The minimum absolute atomic E-state index is 0.196. The van der Waals surface area contributed by atoms with Crippen LogP contribution in [0.4, 0.5) is 0 Å². The zero-order chi connectivity index (χ0) is 11.8. The highest BCUT2D eigenvalue weighted by Crippen LogP contribution is 2.09. The second kappa shape index (κ2) is 7.44. The second-order valence-corrected chi connectivity index (χ2v) is 4.37. The molecule has 16 heavy (non-hydrogen) atoms. The van der Waals surface area contributed by atoms with E-state index in [1.54, 1.807) is 0 Å². The smallest absolute Gasteiger partial charge is 0.223 e. The summed E-state index contributed by atoms with van der Waals surface area (Å²) in [6.07, 6.45) is 6.26. The average molecular weight is 224 g/mol. The SMILES string of the molecule is CCC(CC)C(=O)NCCC1=CCNCC1. The minimum Gasteiger partial charge on any atom is -0.356 e. The molecule has 1 rings (SSSR count). The summed E-state index contributed by atoms with van der Waals surface area (Å²) in [6.45, 7) is 7.00. The van der Waals surface area contributed by atoms with E-state index in [1.165, 1.54) is 5.57 Å². The molecule has 2 N–H and O–H groups in total. The van der Waals surface area contributed by atoms with Gasteiger partial charge < -0.3 is 10.6 Å². The first kappa shape index (κ1) is 13.2. The Balaban J connectivity index is 2.19. The summed E-state index contributed by atoms with van der Waals surface area (Å²) in [5.74, 6) is 0.418. The molecule has 0 atom stereocenters. The Hall–Kier alpha value is -0.830. The van der Waals surface area contributed by atoms with Crippen molar-refractivity contribution >= 4 is 5.91 Å². The number of carbonyl (C=O) groups is 1. The summed E-state index contributed by atoms with van der Waals surface area (Å²) in [5, 5.41) is 6.32. The Kier molecular flexibility index (Phi) is 6.16. The monoisotopic (exact) mass is 224 g/mol. The van der Waals surface area contributed by atoms with Crippen molar-refractivity contribution in [2.75, 3.05) is 19.6 Å². The topological polar surface area (TPSA) is 41.1 Å². The molecule has 0 aliphatic carbocycles. The summed E-state index contributed by atoms with van der Waals surface area (Å²) in [6, 6.07) is 0. The predicted molar refractivity (Wildman–Crippen MR) is 67.3 cm³/mol.